The molecule has 2 unspecified atom stereocenters. The molecular weight excluding hydrogens is 228 g/mol. The Kier molecular flexibility index (Phi) is 5.17. The second-order valence-electron chi connectivity index (χ2n) is 4.05. The first kappa shape index (κ1) is 13.7. The number of aliphatic hydroxyl groups excluding tert-OH is 1. The number of rotatable bonds is 5. The highest BCUT2D eigenvalue weighted by atomic mass is 16.5. The molecule has 0 bridgehead atoms. The SMILES string of the molecule is CC(NC(=O)NC[C@H](O)C(=O)O)C1CCCO1. The number of urea groups is 1. The zero-order valence-electron chi connectivity index (χ0n) is 9.68. The summed E-state index contributed by atoms with van der Waals surface area (Å²) in [6.45, 7) is 2.21. The van der Waals surface area contributed by atoms with Gasteiger partial charge in [0.2, 0.25) is 0 Å². The first-order valence-electron chi connectivity index (χ1n) is 5.57. The summed E-state index contributed by atoms with van der Waals surface area (Å²) < 4.78 is 5.39. The van der Waals surface area contributed by atoms with E-state index in [1.165, 1.54) is 0 Å². The second-order valence-corrected chi connectivity index (χ2v) is 4.05. The molecule has 1 heterocycles. The highest BCUT2D eigenvalue weighted by Gasteiger charge is 2.24. The van der Waals surface area contributed by atoms with E-state index >= 15 is 0 Å². The molecule has 1 fully saturated rings. The van der Waals surface area contributed by atoms with Crippen LogP contribution < -0.4 is 10.6 Å². The van der Waals surface area contributed by atoms with Gasteiger partial charge in [-0.05, 0) is 19.8 Å². The number of ether oxygens (including phenoxy) is 1. The molecular formula is C10H18N2O5. The summed E-state index contributed by atoms with van der Waals surface area (Å²) in [7, 11) is 0. The van der Waals surface area contributed by atoms with Gasteiger partial charge >= 0.3 is 12.0 Å². The third-order valence-electron chi connectivity index (χ3n) is 2.62. The van der Waals surface area contributed by atoms with E-state index in [2.05, 4.69) is 10.6 Å². The fourth-order valence-corrected chi connectivity index (χ4v) is 1.62. The van der Waals surface area contributed by atoms with Gasteiger partial charge in [-0.25, -0.2) is 9.59 Å². The molecule has 1 saturated heterocycles. The lowest BCUT2D eigenvalue weighted by Gasteiger charge is -2.20. The van der Waals surface area contributed by atoms with Crippen molar-refractivity contribution >= 4 is 12.0 Å². The Labute approximate surface area is 99.1 Å². The first-order chi connectivity index (χ1) is 8.00. The minimum atomic E-state index is -1.58. The summed E-state index contributed by atoms with van der Waals surface area (Å²) in [5.74, 6) is -1.36. The van der Waals surface area contributed by atoms with Gasteiger partial charge in [0.15, 0.2) is 6.10 Å². The zero-order valence-corrected chi connectivity index (χ0v) is 9.68. The fourth-order valence-electron chi connectivity index (χ4n) is 1.62. The topological polar surface area (TPSA) is 108 Å². The molecule has 17 heavy (non-hydrogen) atoms. The Balaban J connectivity index is 2.22. The standard InChI is InChI=1S/C10H18N2O5/c1-6(8-3-2-4-17-8)12-10(16)11-5-7(13)9(14)15/h6-8,13H,2-5H2,1H3,(H,14,15)(H2,11,12,16)/t6?,7-,8?/m0/s1. The fraction of sp³-hybridized carbons (Fsp3) is 0.800. The van der Waals surface area contributed by atoms with Gasteiger partial charge in [-0.3, -0.25) is 0 Å². The molecule has 0 aromatic carbocycles. The molecule has 2 amide bonds. The Morgan fingerprint density at radius 2 is 2.24 bits per heavy atom. The van der Waals surface area contributed by atoms with Crippen LogP contribution in [0.5, 0.6) is 0 Å². The number of hydrogen-bond acceptors (Lipinski definition) is 4. The highest BCUT2D eigenvalue weighted by Crippen LogP contribution is 2.15. The van der Waals surface area contributed by atoms with E-state index in [9.17, 15) is 9.59 Å². The van der Waals surface area contributed by atoms with Crippen molar-refractivity contribution in [3.8, 4) is 0 Å². The third kappa shape index (κ3) is 4.58. The maximum absolute atomic E-state index is 11.4. The van der Waals surface area contributed by atoms with E-state index in [-0.39, 0.29) is 18.7 Å². The summed E-state index contributed by atoms with van der Waals surface area (Å²) in [5.41, 5.74) is 0. The number of carbonyl (C=O) groups is 2. The van der Waals surface area contributed by atoms with Crippen molar-refractivity contribution in [3.63, 3.8) is 0 Å². The Morgan fingerprint density at radius 3 is 2.76 bits per heavy atom. The van der Waals surface area contributed by atoms with Crippen molar-refractivity contribution in [1.82, 2.24) is 10.6 Å². The van der Waals surface area contributed by atoms with Crippen LogP contribution in [0.2, 0.25) is 0 Å². The summed E-state index contributed by atoms with van der Waals surface area (Å²) >= 11 is 0. The van der Waals surface area contributed by atoms with Crippen LogP contribution in [-0.4, -0.2) is 53.6 Å². The number of nitrogens with one attached hydrogen (secondary N) is 2. The number of amides is 2. The van der Waals surface area contributed by atoms with E-state index in [1.54, 1.807) is 0 Å². The molecule has 0 radical (unpaired) electrons. The van der Waals surface area contributed by atoms with Gasteiger partial charge in [0.05, 0.1) is 18.7 Å². The van der Waals surface area contributed by atoms with Crippen molar-refractivity contribution < 1.29 is 24.5 Å². The summed E-state index contributed by atoms with van der Waals surface area (Å²) in [6, 6.07) is -0.646. The van der Waals surface area contributed by atoms with Gasteiger partial charge in [-0.2, -0.15) is 0 Å². The Hall–Kier alpha value is -1.34. The van der Waals surface area contributed by atoms with Crippen LogP contribution in [0.15, 0.2) is 0 Å². The van der Waals surface area contributed by atoms with Crippen molar-refractivity contribution in [2.45, 2.75) is 38.0 Å². The average Bonchev–Trinajstić information content (AvgIpc) is 2.78. The number of aliphatic carboxylic acids is 1. The lowest BCUT2D eigenvalue weighted by atomic mass is 10.1. The van der Waals surface area contributed by atoms with Crippen molar-refractivity contribution in [3.05, 3.63) is 0 Å². The summed E-state index contributed by atoms with van der Waals surface area (Å²) in [5, 5.41) is 22.3. The molecule has 0 aliphatic carbocycles. The smallest absolute Gasteiger partial charge is 0.334 e. The predicted octanol–water partition coefficient (Wildman–Crippen LogP) is -0.701. The third-order valence-corrected chi connectivity index (χ3v) is 2.62. The number of hydrogen-bond donors (Lipinski definition) is 4. The van der Waals surface area contributed by atoms with Crippen LogP contribution in [0, 0.1) is 0 Å². The van der Waals surface area contributed by atoms with Gasteiger partial charge in [0.25, 0.3) is 0 Å². The van der Waals surface area contributed by atoms with Crippen LogP contribution in [0.3, 0.4) is 0 Å². The van der Waals surface area contributed by atoms with E-state index in [0.717, 1.165) is 12.8 Å². The van der Waals surface area contributed by atoms with Crippen LogP contribution in [-0.2, 0) is 9.53 Å². The van der Waals surface area contributed by atoms with Crippen LogP contribution >= 0.6 is 0 Å². The highest BCUT2D eigenvalue weighted by molar-refractivity contribution is 5.76. The number of carboxylic acid groups (broad SMARTS) is 1. The van der Waals surface area contributed by atoms with Crippen molar-refractivity contribution in [2.75, 3.05) is 13.2 Å². The van der Waals surface area contributed by atoms with Crippen LogP contribution in [0.1, 0.15) is 19.8 Å². The molecule has 0 saturated carbocycles. The molecule has 0 aromatic heterocycles. The van der Waals surface area contributed by atoms with Crippen molar-refractivity contribution in [2.24, 2.45) is 0 Å². The Bertz CT molecular complexity index is 278. The van der Waals surface area contributed by atoms with E-state index in [1.807, 2.05) is 6.92 Å². The molecule has 7 nitrogen and oxygen atoms in total. The van der Waals surface area contributed by atoms with E-state index in [0.29, 0.717) is 6.61 Å². The normalized spacial score (nSPS) is 22.8. The largest absolute Gasteiger partial charge is 0.479 e. The molecule has 1 aliphatic heterocycles. The van der Waals surface area contributed by atoms with Crippen LogP contribution in [0.25, 0.3) is 0 Å². The average molecular weight is 246 g/mol. The van der Waals surface area contributed by atoms with Gasteiger partial charge in [0.1, 0.15) is 0 Å². The Morgan fingerprint density at radius 1 is 1.53 bits per heavy atom. The van der Waals surface area contributed by atoms with Gasteiger partial charge < -0.3 is 25.6 Å². The monoisotopic (exact) mass is 246 g/mol. The van der Waals surface area contributed by atoms with Gasteiger partial charge in [0, 0.05) is 6.61 Å². The van der Waals surface area contributed by atoms with E-state index < -0.39 is 18.1 Å². The quantitative estimate of drug-likeness (QED) is 0.513. The number of carboxylic acids is 1. The molecule has 1 aliphatic rings. The lowest BCUT2D eigenvalue weighted by Crippen LogP contribution is -2.48. The summed E-state index contributed by atoms with van der Waals surface area (Å²) in [6.07, 6.45) is 0.304. The second kappa shape index (κ2) is 6.41. The maximum atomic E-state index is 11.4. The van der Waals surface area contributed by atoms with E-state index in [4.69, 9.17) is 14.9 Å². The van der Waals surface area contributed by atoms with Crippen LogP contribution in [0.4, 0.5) is 4.79 Å². The molecule has 7 heteroatoms. The zero-order chi connectivity index (χ0) is 12.8. The molecule has 0 aromatic rings. The predicted molar refractivity (Wildman–Crippen MR) is 58.6 cm³/mol. The molecule has 0 spiro atoms. The summed E-state index contributed by atoms with van der Waals surface area (Å²) in [4.78, 5) is 21.7. The van der Waals surface area contributed by atoms with Gasteiger partial charge in [-0.1, -0.05) is 0 Å². The minimum Gasteiger partial charge on any atom is -0.479 e. The first-order valence-corrected chi connectivity index (χ1v) is 5.57. The van der Waals surface area contributed by atoms with Gasteiger partial charge in [-0.15, -0.1) is 0 Å². The van der Waals surface area contributed by atoms with Crippen molar-refractivity contribution in [1.29, 1.82) is 0 Å². The number of carbonyl (C=O) groups excluding carboxylic acids is 1. The lowest BCUT2D eigenvalue weighted by molar-refractivity contribution is -0.146. The number of aliphatic hydroxyl groups is 1. The molecule has 4 N–H and O–H groups in total. The minimum absolute atomic E-state index is 0.00477. The maximum Gasteiger partial charge on any atom is 0.334 e. The molecule has 3 atom stereocenters. The molecule has 98 valence electrons. The molecule has 1 rings (SSSR count).